The van der Waals surface area contributed by atoms with Gasteiger partial charge in [0.2, 0.25) is 5.91 Å². The van der Waals surface area contributed by atoms with Crippen molar-refractivity contribution in [3.8, 4) is 5.75 Å². The van der Waals surface area contributed by atoms with Crippen LogP contribution in [0.1, 0.15) is 43.1 Å². The molecular formula is C18H25NO5. The third-order valence-corrected chi connectivity index (χ3v) is 3.56. The van der Waals surface area contributed by atoms with E-state index in [2.05, 4.69) is 0 Å². The van der Waals surface area contributed by atoms with E-state index < -0.39 is 5.97 Å². The molecule has 1 N–H and O–H groups in total. The van der Waals surface area contributed by atoms with Gasteiger partial charge in [0, 0.05) is 24.2 Å². The number of methoxy groups -OCH3 is 1. The molecule has 0 atom stereocenters. The van der Waals surface area contributed by atoms with Gasteiger partial charge in [0.05, 0.1) is 20.0 Å². The molecule has 0 unspecified atom stereocenters. The lowest BCUT2D eigenvalue weighted by molar-refractivity contribution is -0.138. The predicted octanol–water partition coefficient (Wildman–Crippen LogP) is 2.40. The molecule has 0 spiro atoms. The first-order valence-electron chi connectivity index (χ1n) is 7.92. The van der Waals surface area contributed by atoms with Crippen molar-refractivity contribution in [3.05, 3.63) is 29.3 Å². The number of benzene rings is 1. The van der Waals surface area contributed by atoms with Crippen LogP contribution in [0, 0.1) is 5.92 Å². The molecule has 0 saturated carbocycles. The second-order valence-corrected chi connectivity index (χ2v) is 6.14. The zero-order valence-electron chi connectivity index (χ0n) is 14.7. The van der Waals surface area contributed by atoms with Crippen LogP contribution in [0.5, 0.6) is 5.75 Å². The monoisotopic (exact) mass is 335 g/mol. The number of ketones is 1. The van der Waals surface area contributed by atoms with Crippen LogP contribution >= 0.6 is 0 Å². The van der Waals surface area contributed by atoms with E-state index in [9.17, 15) is 14.4 Å². The summed E-state index contributed by atoms with van der Waals surface area (Å²) in [4.78, 5) is 36.5. The van der Waals surface area contributed by atoms with E-state index in [4.69, 9.17) is 9.84 Å². The number of carbonyl (C=O) groups excluding carboxylic acids is 2. The molecule has 1 aromatic rings. The zero-order valence-corrected chi connectivity index (χ0v) is 14.7. The van der Waals surface area contributed by atoms with E-state index in [0.29, 0.717) is 23.4 Å². The number of hydrogen-bond acceptors (Lipinski definition) is 4. The van der Waals surface area contributed by atoms with Crippen LogP contribution in [0.3, 0.4) is 0 Å². The minimum absolute atomic E-state index is 0.0661. The Labute approximate surface area is 142 Å². The molecule has 0 aliphatic heterocycles. The molecule has 0 bridgehead atoms. The van der Waals surface area contributed by atoms with Crippen LogP contribution < -0.4 is 4.74 Å². The molecule has 1 aromatic carbocycles. The van der Waals surface area contributed by atoms with Crippen molar-refractivity contribution < 1.29 is 24.2 Å². The number of amides is 1. The van der Waals surface area contributed by atoms with E-state index in [1.165, 1.54) is 14.0 Å². The van der Waals surface area contributed by atoms with Crippen LogP contribution in [0.4, 0.5) is 0 Å². The number of carbonyl (C=O) groups is 3. The largest absolute Gasteiger partial charge is 0.496 e. The maximum absolute atomic E-state index is 12.6. The summed E-state index contributed by atoms with van der Waals surface area (Å²) in [6.45, 7) is 6.06. The van der Waals surface area contributed by atoms with E-state index in [-0.39, 0.29) is 37.0 Å². The second kappa shape index (κ2) is 9.05. The van der Waals surface area contributed by atoms with E-state index in [1.54, 1.807) is 23.1 Å². The number of nitrogens with zero attached hydrogens (tertiary/aromatic N) is 1. The quantitative estimate of drug-likeness (QED) is 0.701. The van der Waals surface area contributed by atoms with Crippen molar-refractivity contribution in [1.82, 2.24) is 4.90 Å². The minimum atomic E-state index is -0.937. The zero-order chi connectivity index (χ0) is 18.3. The van der Waals surface area contributed by atoms with Crippen LogP contribution in [-0.2, 0) is 16.0 Å². The summed E-state index contributed by atoms with van der Waals surface area (Å²) in [5.41, 5.74) is 1.14. The fraction of sp³-hybridized carbons (Fsp3) is 0.500. The maximum Gasteiger partial charge on any atom is 0.305 e. The lowest BCUT2D eigenvalue weighted by atomic mass is 10.0. The average Bonchev–Trinajstić information content (AvgIpc) is 2.50. The third-order valence-electron chi connectivity index (χ3n) is 3.56. The molecule has 0 aliphatic carbocycles. The molecule has 1 rings (SSSR count). The number of Topliss-reactive ketones (excluding diaryl/α,β-unsaturated/α-hetero) is 1. The lowest BCUT2D eigenvalue weighted by Gasteiger charge is -2.24. The smallest absolute Gasteiger partial charge is 0.305 e. The summed E-state index contributed by atoms with van der Waals surface area (Å²) in [7, 11) is 1.51. The summed E-state index contributed by atoms with van der Waals surface area (Å²) in [6.07, 6.45) is -0.0281. The first kappa shape index (κ1) is 19.7. The van der Waals surface area contributed by atoms with Crippen LogP contribution in [-0.4, -0.2) is 47.9 Å². The fourth-order valence-corrected chi connectivity index (χ4v) is 2.40. The Morgan fingerprint density at radius 2 is 1.92 bits per heavy atom. The first-order chi connectivity index (χ1) is 11.2. The van der Waals surface area contributed by atoms with Gasteiger partial charge in [-0.25, -0.2) is 0 Å². The second-order valence-electron chi connectivity index (χ2n) is 6.14. The fourth-order valence-electron chi connectivity index (χ4n) is 2.40. The van der Waals surface area contributed by atoms with Crippen molar-refractivity contribution in [2.45, 2.75) is 33.6 Å². The predicted molar refractivity (Wildman–Crippen MR) is 90.4 cm³/mol. The van der Waals surface area contributed by atoms with Crippen LogP contribution in [0.2, 0.25) is 0 Å². The highest BCUT2D eigenvalue weighted by molar-refractivity contribution is 5.94. The summed E-state index contributed by atoms with van der Waals surface area (Å²) in [5, 5.41) is 8.85. The average molecular weight is 335 g/mol. The van der Waals surface area contributed by atoms with Gasteiger partial charge in [-0.1, -0.05) is 13.8 Å². The molecule has 0 aliphatic rings. The van der Waals surface area contributed by atoms with Gasteiger partial charge in [-0.15, -0.1) is 0 Å². The highest BCUT2D eigenvalue weighted by Gasteiger charge is 2.19. The third kappa shape index (κ3) is 6.02. The molecule has 132 valence electrons. The minimum Gasteiger partial charge on any atom is -0.496 e. The molecule has 6 nitrogen and oxygen atoms in total. The molecule has 1 amide bonds. The van der Waals surface area contributed by atoms with Gasteiger partial charge in [0.15, 0.2) is 5.78 Å². The number of ether oxygens (including phenoxy) is 1. The molecule has 0 heterocycles. The summed E-state index contributed by atoms with van der Waals surface area (Å²) in [6, 6.07) is 4.98. The Morgan fingerprint density at radius 3 is 2.42 bits per heavy atom. The molecule has 6 heteroatoms. The van der Waals surface area contributed by atoms with Crippen molar-refractivity contribution >= 4 is 17.7 Å². The SMILES string of the molecule is COc1ccc(C(C)=O)cc1CC(=O)N(CCC(=O)O)CC(C)C. The van der Waals surface area contributed by atoms with Gasteiger partial charge in [-0.2, -0.15) is 0 Å². The van der Waals surface area contributed by atoms with Crippen molar-refractivity contribution in [1.29, 1.82) is 0 Å². The van der Waals surface area contributed by atoms with Gasteiger partial charge in [0.1, 0.15) is 5.75 Å². The molecule has 0 fully saturated rings. The van der Waals surface area contributed by atoms with E-state index in [1.807, 2.05) is 13.8 Å². The van der Waals surface area contributed by atoms with E-state index >= 15 is 0 Å². The Balaban J connectivity index is 2.97. The normalized spacial score (nSPS) is 10.5. The number of aliphatic carboxylic acids is 1. The van der Waals surface area contributed by atoms with Gasteiger partial charge in [-0.05, 0) is 31.0 Å². The molecule has 0 radical (unpaired) electrons. The topological polar surface area (TPSA) is 83.9 Å². The number of rotatable bonds is 9. The Hall–Kier alpha value is -2.37. The van der Waals surface area contributed by atoms with Gasteiger partial charge in [-0.3, -0.25) is 14.4 Å². The number of carboxylic acids is 1. The summed E-state index contributed by atoms with van der Waals surface area (Å²) < 4.78 is 5.26. The van der Waals surface area contributed by atoms with Crippen LogP contribution in [0.15, 0.2) is 18.2 Å². The first-order valence-corrected chi connectivity index (χ1v) is 7.92. The number of hydrogen-bond donors (Lipinski definition) is 1. The highest BCUT2D eigenvalue weighted by Crippen LogP contribution is 2.22. The van der Waals surface area contributed by atoms with Gasteiger partial charge in [0.25, 0.3) is 0 Å². The Morgan fingerprint density at radius 1 is 1.25 bits per heavy atom. The molecule has 0 saturated heterocycles. The van der Waals surface area contributed by atoms with Crippen molar-refractivity contribution in [2.75, 3.05) is 20.2 Å². The molecule has 24 heavy (non-hydrogen) atoms. The Kier molecular flexibility index (Phi) is 7.42. The lowest BCUT2D eigenvalue weighted by Crippen LogP contribution is -2.37. The van der Waals surface area contributed by atoms with Crippen LogP contribution in [0.25, 0.3) is 0 Å². The van der Waals surface area contributed by atoms with Crippen molar-refractivity contribution in [3.63, 3.8) is 0 Å². The summed E-state index contributed by atoms with van der Waals surface area (Å²) in [5.74, 6) is -0.433. The molecular weight excluding hydrogens is 310 g/mol. The van der Waals surface area contributed by atoms with Gasteiger partial charge >= 0.3 is 5.97 Å². The number of carboxylic acid groups (broad SMARTS) is 1. The standard InChI is InChI=1S/C18H25NO5/c1-12(2)11-19(8-7-18(22)23)17(21)10-15-9-14(13(3)20)5-6-16(15)24-4/h5-6,9,12H,7-8,10-11H2,1-4H3,(H,22,23). The summed E-state index contributed by atoms with van der Waals surface area (Å²) >= 11 is 0. The van der Waals surface area contributed by atoms with Gasteiger partial charge < -0.3 is 14.7 Å². The van der Waals surface area contributed by atoms with E-state index in [0.717, 1.165) is 0 Å². The Bertz CT molecular complexity index is 609. The maximum atomic E-state index is 12.6. The molecule has 0 aromatic heterocycles. The highest BCUT2D eigenvalue weighted by atomic mass is 16.5. The van der Waals surface area contributed by atoms with Crippen molar-refractivity contribution in [2.24, 2.45) is 5.92 Å².